The SMILES string of the molecule is CCOP(=O)(Cc1ccc(C(=O)N=c2sc3cccc(OC)c3n2CCc2ccccc2)cc1)OCC. The van der Waals surface area contributed by atoms with E-state index in [1.165, 1.54) is 16.9 Å². The summed E-state index contributed by atoms with van der Waals surface area (Å²) in [6.45, 7) is 4.82. The van der Waals surface area contributed by atoms with Gasteiger partial charge in [0.05, 0.1) is 31.2 Å². The molecular weight excluding hydrogens is 507 g/mol. The molecule has 0 aliphatic heterocycles. The maximum absolute atomic E-state index is 13.2. The van der Waals surface area contributed by atoms with Crippen molar-refractivity contribution in [2.24, 2.45) is 4.99 Å². The maximum Gasteiger partial charge on any atom is 0.335 e. The molecule has 0 aliphatic carbocycles. The van der Waals surface area contributed by atoms with Gasteiger partial charge in [-0.1, -0.05) is 59.9 Å². The van der Waals surface area contributed by atoms with Crippen molar-refractivity contribution in [1.82, 2.24) is 4.57 Å². The molecule has 0 fully saturated rings. The molecule has 4 rings (SSSR count). The number of hydrogen-bond acceptors (Lipinski definition) is 6. The van der Waals surface area contributed by atoms with Crippen LogP contribution in [0.25, 0.3) is 10.2 Å². The summed E-state index contributed by atoms with van der Waals surface area (Å²) in [5.41, 5.74) is 3.35. The molecule has 0 unspecified atom stereocenters. The second kappa shape index (κ2) is 12.5. The highest BCUT2D eigenvalue weighted by Crippen LogP contribution is 2.51. The number of carbonyl (C=O) groups excluding carboxylic acids is 1. The minimum absolute atomic E-state index is 0.149. The highest BCUT2D eigenvalue weighted by atomic mass is 32.1. The molecule has 9 heteroatoms. The van der Waals surface area contributed by atoms with Crippen LogP contribution in [0.4, 0.5) is 0 Å². The van der Waals surface area contributed by atoms with E-state index >= 15 is 0 Å². The molecule has 0 bridgehead atoms. The Morgan fingerprint density at radius 2 is 1.62 bits per heavy atom. The zero-order valence-corrected chi connectivity index (χ0v) is 23.0. The lowest BCUT2D eigenvalue weighted by atomic mass is 10.1. The van der Waals surface area contributed by atoms with Crippen molar-refractivity contribution in [3.63, 3.8) is 0 Å². The van der Waals surface area contributed by atoms with Gasteiger partial charge in [0, 0.05) is 12.1 Å². The van der Waals surface area contributed by atoms with Crippen LogP contribution in [0.5, 0.6) is 5.75 Å². The zero-order valence-electron chi connectivity index (χ0n) is 21.3. The number of amides is 1. The topological polar surface area (TPSA) is 79.1 Å². The number of fused-ring (bicyclic) bond motifs is 1. The van der Waals surface area contributed by atoms with Crippen LogP contribution >= 0.6 is 18.9 Å². The van der Waals surface area contributed by atoms with Crippen LogP contribution < -0.4 is 9.54 Å². The monoisotopic (exact) mass is 538 g/mol. The number of aromatic nitrogens is 1. The van der Waals surface area contributed by atoms with Crippen molar-refractivity contribution in [1.29, 1.82) is 0 Å². The molecule has 3 aromatic carbocycles. The van der Waals surface area contributed by atoms with Gasteiger partial charge in [0.15, 0.2) is 4.80 Å². The molecule has 0 N–H and O–H groups in total. The minimum Gasteiger partial charge on any atom is -0.495 e. The first-order valence-electron chi connectivity index (χ1n) is 12.2. The largest absolute Gasteiger partial charge is 0.495 e. The van der Waals surface area contributed by atoms with E-state index in [0.29, 0.717) is 30.1 Å². The van der Waals surface area contributed by atoms with Crippen LogP contribution in [0.2, 0.25) is 0 Å². The predicted molar refractivity (Wildman–Crippen MR) is 147 cm³/mol. The van der Waals surface area contributed by atoms with E-state index in [2.05, 4.69) is 21.7 Å². The van der Waals surface area contributed by atoms with Gasteiger partial charge in [0.1, 0.15) is 11.3 Å². The fraction of sp³-hybridized carbons (Fsp3) is 0.286. The van der Waals surface area contributed by atoms with Crippen LogP contribution in [-0.2, 0) is 32.7 Å². The summed E-state index contributed by atoms with van der Waals surface area (Å²) in [5, 5.41) is 0. The lowest BCUT2D eigenvalue weighted by Gasteiger charge is -2.16. The van der Waals surface area contributed by atoms with Crippen molar-refractivity contribution in [3.05, 3.63) is 94.3 Å². The highest BCUT2D eigenvalue weighted by Gasteiger charge is 2.24. The van der Waals surface area contributed by atoms with Crippen molar-refractivity contribution in [2.45, 2.75) is 33.0 Å². The van der Waals surface area contributed by atoms with Gasteiger partial charge in [-0.05, 0) is 55.7 Å². The summed E-state index contributed by atoms with van der Waals surface area (Å²) in [7, 11) is -1.57. The molecule has 1 amide bonds. The van der Waals surface area contributed by atoms with Crippen LogP contribution in [0, 0.1) is 0 Å². The molecule has 7 nitrogen and oxygen atoms in total. The maximum atomic E-state index is 13.2. The van der Waals surface area contributed by atoms with E-state index < -0.39 is 7.60 Å². The number of thiazole rings is 1. The minimum atomic E-state index is -3.22. The first-order chi connectivity index (χ1) is 18.0. The van der Waals surface area contributed by atoms with Crippen molar-refractivity contribution < 1.29 is 23.1 Å². The molecule has 0 radical (unpaired) electrons. The molecule has 0 saturated carbocycles. The van der Waals surface area contributed by atoms with Gasteiger partial charge in [-0.3, -0.25) is 9.36 Å². The Bertz CT molecular complexity index is 1450. The summed E-state index contributed by atoms with van der Waals surface area (Å²) in [6, 6.07) is 23.0. The predicted octanol–water partition coefficient (Wildman–Crippen LogP) is 6.46. The van der Waals surface area contributed by atoms with Gasteiger partial charge in [0.25, 0.3) is 5.91 Å². The quantitative estimate of drug-likeness (QED) is 0.205. The van der Waals surface area contributed by atoms with Gasteiger partial charge >= 0.3 is 7.60 Å². The van der Waals surface area contributed by atoms with Crippen LogP contribution in [-0.4, -0.2) is 30.8 Å². The van der Waals surface area contributed by atoms with Gasteiger partial charge in [-0.15, -0.1) is 0 Å². The molecule has 0 aliphatic rings. The fourth-order valence-corrected chi connectivity index (χ4v) is 6.86. The molecule has 0 spiro atoms. The van der Waals surface area contributed by atoms with Crippen molar-refractivity contribution in [3.8, 4) is 5.75 Å². The average molecular weight is 539 g/mol. The van der Waals surface area contributed by atoms with Crippen molar-refractivity contribution >= 4 is 35.1 Å². The first-order valence-corrected chi connectivity index (χ1v) is 14.8. The number of ether oxygens (including phenoxy) is 1. The molecule has 0 atom stereocenters. The Hall–Kier alpha value is -3.03. The second-order valence-electron chi connectivity index (χ2n) is 8.30. The third-order valence-corrected chi connectivity index (χ3v) is 8.88. The smallest absolute Gasteiger partial charge is 0.335 e. The normalized spacial score (nSPS) is 12.2. The molecular formula is C28H31N2O5PS. The van der Waals surface area contributed by atoms with Crippen LogP contribution in [0.15, 0.2) is 77.8 Å². The Labute approximate surface area is 220 Å². The Kier molecular flexibility index (Phi) is 9.11. The lowest BCUT2D eigenvalue weighted by molar-refractivity contribution is 0.0997. The van der Waals surface area contributed by atoms with E-state index in [1.54, 1.807) is 45.2 Å². The highest BCUT2D eigenvalue weighted by molar-refractivity contribution is 7.53. The Morgan fingerprint density at radius 3 is 2.27 bits per heavy atom. The molecule has 4 aromatic rings. The molecule has 194 valence electrons. The number of benzene rings is 3. The molecule has 1 heterocycles. The summed E-state index contributed by atoms with van der Waals surface area (Å²) < 4.78 is 32.3. The van der Waals surface area contributed by atoms with E-state index in [1.807, 2.05) is 36.4 Å². The molecule has 1 aromatic heterocycles. The van der Waals surface area contributed by atoms with Gasteiger partial charge in [-0.25, -0.2) is 0 Å². The third kappa shape index (κ3) is 6.65. The first kappa shape index (κ1) is 27.0. The summed E-state index contributed by atoms with van der Waals surface area (Å²) in [6.07, 6.45) is 0.941. The number of para-hydroxylation sites is 1. The summed E-state index contributed by atoms with van der Waals surface area (Å²) in [5.74, 6) is 0.399. The van der Waals surface area contributed by atoms with E-state index in [4.69, 9.17) is 13.8 Å². The third-order valence-electron chi connectivity index (χ3n) is 5.78. The lowest BCUT2D eigenvalue weighted by Crippen LogP contribution is -2.18. The second-order valence-corrected chi connectivity index (χ2v) is 11.4. The van der Waals surface area contributed by atoms with Gasteiger partial charge in [-0.2, -0.15) is 4.99 Å². The summed E-state index contributed by atoms with van der Waals surface area (Å²) >= 11 is 1.46. The van der Waals surface area contributed by atoms with E-state index in [0.717, 1.165) is 28.0 Å². The standard InChI is InChI=1S/C28H31N2O5PS/c1-4-34-36(32,35-5-2)20-22-14-16-23(17-15-22)27(31)29-28-30(19-18-21-10-7-6-8-11-21)26-24(33-3)12-9-13-25(26)37-28/h6-17H,4-5,18-20H2,1-3H3. The fourth-order valence-electron chi connectivity index (χ4n) is 4.09. The summed E-state index contributed by atoms with van der Waals surface area (Å²) in [4.78, 5) is 18.3. The molecule has 37 heavy (non-hydrogen) atoms. The number of rotatable bonds is 11. The van der Waals surface area contributed by atoms with Crippen molar-refractivity contribution in [2.75, 3.05) is 20.3 Å². The van der Waals surface area contributed by atoms with Crippen LogP contribution in [0.3, 0.4) is 0 Å². The Balaban J connectivity index is 1.64. The van der Waals surface area contributed by atoms with Gasteiger partial charge < -0.3 is 18.4 Å². The Morgan fingerprint density at radius 1 is 0.919 bits per heavy atom. The molecule has 0 saturated heterocycles. The van der Waals surface area contributed by atoms with E-state index in [-0.39, 0.29) is 12.1 Å². The number of nitrogens with zero attached hydrogens (tertiary/aromatic N) is 2. The zero-order chi connectivity index (χ0) is 26.3. The number of aryl methyl sites for hydroxylation is 2. The van der Waals surface area contributed by atoms with E-state index in [9.17, 15) is 9.36 Å². The number of carbonyl (C=O) groups is 1. The van der Waals surface area contributed by atoms with Gasteiger partial charge in [0.2, 0.25) is 0 Å². The number of hydrogen-bond donors (Lipinski definition) is 0. The average Bonchev–Trinajstić information content (AvgIpc) is 3.25. The number of methoxy groups -OCH3 is 1. The van der Waals surface area contributed by atoms with Crippen LogP contribution in [0.1, 0.15) is 35.3 Å².